The Hall–Kier alpha value is -2.35. The largest absolute Gasteiger partial charge is 0.336 e. The molecule has 2 rings (SSSR count). The normalized spacial score (nSPS) is 10.6. The predicted octanol–water partition coefficient (Wildman–Crippen LogP) is 1.88. The Morgan fingerprint density at radius 2 is 2.00 bits per heavy atom. The van der Waals surface area contributed by atoms with Gasteiger partial charge in [-0.3, -0.25) is 9.59 Å². The van der Waals surface area contributed by atoms with Crippen molar-refractivity contribution < 1.29 is 9.59 Å². The highest BCUT2D eigenvalue weighted by Crippen LogP contribution is 2.16. The molecule has 0 saturated carbocycles. The first-order valence-corrected chi connectivity index (χ1v) is 9.01. The molecule has 2 aromatic rings. The van der Waals surface area contributed by atoms with Gasteiger partial charge in [-0.1, -0.05) is 36.9 Å². The summed E-state index contributed by atoms with van der Waals surface area (Å²) in [5.74, 6) is 0.652. The van der Waals surface area contributed by atoms with Crippen LogP contribution in [0.4, 0.5) is 5.69 Å². The van der Waals surface area contributed by atoms with Crippen molar-refractivity contribution in [2.75, 3.05) is 24.7 Å². The summed E-state index contributed by atoms with van der Waals surface area (Å²) in [6.07, 6.45) is 0.832. The lowest BCUT2D eigenvalue weighted by Crippen LogP contribution is -2.36. The van der Waals surface area contributed by atoms with Crippen molar-refractivity contribution in [3.8, 4) is 0 Å². The second-order valence-corrected chi connectivity index (χ2v) is 6.63. The zero-order chi connectivity index (χ0) is 18.4. The third-order valence-corrected chi connectivity index (χ3v) is 4.86. The average molecular weight is 361 g/mol. The number of thioether (sulfide) groups is 1. The van der Waals surface area contributed by atoms with E-state index in [1.165, 1.54) is 16.7 Å². The van der Waals surface area contributed by atoms with Crippen LogP contribution in [0, 0.1) is 6.92 Å². The van der Waals surface area contributed by atoms with Gasteiger partial charge in [0.1, 0.15) is 5.82 Å². The number of amides is 2. The van der Waals surface area contributed by atoms with E-state index in [2.05, 4.69) is 15.5 Å². The van der Waals surface area contributed by atoms with E-state index in [0.717, 1.165) is 23.5 Å². The number of hydrogen-bond acceptors (Lipinski definition) is 5. The van der Waals surface area contributed by atoms with Crippen LogP contribution in [-0.2, 0) is 23.1 Å². The minimum absolute atomic E-state index is 0.00921. The van der Waals surface area contributed by atoms with E-state index in [1.807, 2.05) is 49.7 Å². The number of aromatic nitrogens is 3. The molecule has 1 N–H and O–H groups in total. The molecule has 134 valence electrons. The van der Waals surface area contributed by atoms with Crippen LogP contribution >= 0.6 is 11.8 Å². The molecule has 0 aliphatic heterocycles. The van der Waals surface area contributed by atoms with Gasteiger partial charge in [0, 0.05) is 19.8 Å². The van der Waals surface area contributed by atoms with Gasteiger partial charge in [-0.15, -0.1) is 10.2 Å². The van der Waals surface area contributed by atoms with Crippen molar-refractivity contribution in [2.45, 2.75) is 25.4 Å². The summed E-state index contributed by atoms with van der Waals surface area (Å²) in [7, 11) is 3.47. The van der Waals surface area contributed by atoms with Gasteiger partial charge in [-0.05, 0) is 25.0 Å². The topological polar surface area (TPSA) is 80.1 Å². The monoisotopic (exact) mass is 361 g/mol. The molecule has 1 aromatic heterocycles. The van der Waals surface area contributed by atoms with Crippen LogP contribution in [0.2, 0.25) is 0 Å². The summed E-state index contributed by atoms with van der Waals surface area (Å²) in [4.78, 5) is 25.8. The van der Waals surface area contributed by atoms with Gasteiger partial charge in [-0.2, -0.15) is 0 Å². The zero-order valence-corrected chi connectivity index (χ0v) is 15.8. The van der Waals surface area contributed by atoms with E-state index in [4.69, 9.17) is 0 Å². The van der Waals surface area contributed by atoms with Gasteiger partial charge in [0.25, 0.3) is 0 Å². The number of nitrogens with zero attached hydrogens (tertiary/aromatic N) is 4. The Morgan fingerprint density at radius 1 is 1.28 bits per heavy atom. The van der Waals surface area contributed by atoms with Crippen LogP contribution in [0.25, 0.3) is 0 Å². The minimum Gasteiger partial charge on any atom is -0.336 e. The summed E-state index contributed by atoms with van der Waals surface area (Å²) in [5.41, 5.74) is 1.86. The number of carbonyl (C=O) groups is 2. The fraction of sp³-hybridized carbons (Fsp3) is 0.412. The van der Waals surface area contributed by atoms with E-state index >= 15 is 0 Å². The molecule has 0 radical (unpaired) electrons. The number of nitrogens with one attached hydrogen (secondary N) is 1. The standard InChI is InChI=1S/C17H23N5O2S/c1-5-13-8-6-7-9-14(13)18-15(23)10-21(3)16(24)11-25-17-20-19-12(2)22(17)4/h6-9H,5,10-11H2,1-4H3,(H,18,23). The smallest absolute Gasteiger partial charge is 0.243 e. The number of anilines is 1. The Morgan fingerprint density at radius 3 is 2.64 bits per heavy atom. The lowest BCUT2D eigenvalue weighted by molar-refractivity contribution is -0.131. The molecule has 0 fully saturated rings. The first kappa shape index (κ1) is 19.0. The van der Waals surface area contributed by atoms with E-state index in [0.29, 0.717) is 5.16 Å². The molecule has 8 heteroatoms. The predicted molar refractivity (Wildman–Crippen MR) is 98.6 cm³/mol. The van der Waals surface area contributed by atoms with Crippen molar-refractivity contribution >= 4 is 29.3 Å². The van der Waals surface area contributed by atoms with E-state index in [1.54, 1.807) is 7.05 Å². The van der Waals surface area contributed by atoms with E-state index in [9.17, 15) is 9.59 Å². The molecule has 7 nitrogen and oxygen atoms in total. The van der Waals surface area contributed by atoms with Crippen LogP contribution in [0.1, 0.15) is 18.3 Å². The quantitative estimate of drug-likeness (QED) is 0.762. The number of rotatable bonds is 7. The molecule has 0 aliphatic carbocycles. The molecule has 0 unspecified atom stereocenters. The maximum Gasteiger partial charge on any atom is 0.243 e. The molecule has 0 atom stereocenters. The number of aryl methyl sites for hydroxylation is 2. The molecular formula is C17H23N5O2S. The number of para-hydroxylation sites is 1. The Kier molecular flexibility index (Phi) is 6.58. The number of carbonyl (C=O) groups excluding carboxylic acids is 2. The van der Waals surface area contributed by atoms with Crippen LogP contribution in [0.5, 0.6) is 0 Å². The highest BCUT2D eigenvalue weighted by atomic mass is 32.2. The molecule has 0 bridgehead atoms. The summed E-state index contributed by atoms with van der Waals surface area (Å²) >= 11 is 1.31. The average Bonchev–Trinajstić information content (AvgIpc) is 2.91. The van der Waals surface area contributed by atoms with Gasteiger partial charge in [0.2, 0.25) is 11.8 Å². The molecule has 1 aromatic carbocycles. The molecule has 0 spiro atoms. The lowest BCUT2D eigenvalue weighted by Gasteiger charge is -2.17. The molecule has 1 heterocycles. The van der Waals surface area contributed by atoms with E-state index in [-0.39, 0.29) is 24.1 Å². The van der Waals surface area contributed by atoms with Crippen molar-refractivity contribution in [1.82, 2.24) is 19.7 Å². The SMILES string of the molecule is CCc1ccccc1NC(=O)CN(C)C(=O)CSc1nnc(C)n1C. The fourth-order valence-corrected chi connectivity index (χ4v) is 3.09. The maximum absolute atomic E-state index is 12.2. The molecule has 0 aliphatic rings. The number of likely N-dealkylation sites (N-methyl/N-ethyl adjacent to an activating group) is 1. The maximum atomic E-state index is 12.2. The van der Waals surface area contributed by atoms with Crippen molar-refractivity contribution in [3.63, 3.8) is 0 Å². The lowest BCUT2D eigenvalue weighted by atomic mass is 10.1. The summed E-state index contributed by atoms with van der Waals surface area (Å²) in [6, 6.07) is 7.66. The highest BCUT2D eigenvalue weighted by molar-refractivity contribution is 7.99. The first-order valence-electron chi connectivity index (χ1n) is 8.02. The molecule has 25 heavy (non-hydrogen) atoms. The van der Waals surface area contributed by atoms with Crippen molar-refractivity contribution in [2.24, 2.45) is 7.05 Å². The van der Waals surface area contributed by atoms with Gasteiger partial charge in [0.05, 0.1) is 12.3 Å². The Balaban J connectivity index is 1.85. The van der Waals surface area contributed by atoms with Crippen LogP contribution < -0.4 is 5.32 Å². The zero-order valence-electron chi connectivity index (χ0n) is 14.9. The van der Waals surface area contributed by atoms with Crippen LogP contribution in [-0.4, -0.2) is 50.8 Å². The minimum atomic E-state index is -0.212. The van der Waals surface area contributed by atoms with Gasteiger partial charge in [0.15, 0.2) is 5.16 Å². The highest BCUT2D eigenvalue weighted by Gasteiger charge is 2.16. The molecular weight excluding hydrogens is 338 g/mol. The van der Waals surface area contributed by atoms with Gasteiger partial charge in [-0.25, -0.2) is 0 Å². The number of hydrogen-bond donors (Lipinski definition) is 1. The second kappa shape index (κ2) is 8.66. The van der Waals surface area contributed by atoms with Crippen LogP contribution in [0.15, 0.2) is 29.4 Å². The van der Waals surface area contributed by atoms with Crippen molar-refractivity contribution in [1.29, 1.82) is 0 Å². The number of benzene rings is 1. The van der Waals surface area contributed by atoms with Crippen LogP contribution in [0.3, 0.4) is 0 Å². The third kappa shape index (κ3) is 5.06. The fourth-order valence-electron chi connectivity index (χ4n) is 2.19. The van der Waals surface area contributed by atoms with Gasteiger partial charge < -0.3 is 14.8 Å². The summed E-state index contributed by atoms with van der Waals surface area (Å²) in [6.45, 7) is 3.89. The van der Waals surface area contributed by atoms with E-state index < -0.39 is 0 Å². The summed E-state index contributed by atoms with van der Waals surface area (Å²) in [5, 5.41) is 11.5. The van der Waals surface area contributed by atoms with Gasteiger partial charge >= 0.3 is 0 Å². The Bertz CT molecular complexity index is 759. The third-order valence-electron chi connectivity index (χ3n) is 3.86. The Labute approximate surface area is 151 Å². The summed E-state index contributed by atoms with van der Waals surface area (Å²) < 4.78 is 1.83. The molecule has 2 amide bonds. The second-order valence-electron chi connectivity index (χ2n) is 5.69. The first-order chi connectivity index (χ1) is 11.9. The van der Waals surface area contributed by atoms with Crippen molar-refractivity contribution in [3.05, 3.63) is 35.7 Å². The molecule has 0 saturated heterocycles.